The van der Waals surface area contributed by atoms with Crippen LogP contribution in [0.2, 0.25) is 0 Å². The molecule has 6 nitrogen and oxygen atoms in total. The Morgan fingerprint density at radius 2 is 1.52 bits per heavy atom. The van der Waals surface area contributed by atoms with E-state index in [0.717, 1.165) is 34.2 Å². The minimum atomic E-state index is -4.42. The maximum absolute atomic E-state index is 12.6. The van der Waals surface area contributed by atoms with Gasteiger partial charge in [-0.15, -0.1) is 0 Å². The second kappa shape index (κ2) is 7.67. The monoisotopic (exact) mass is 425 g/mol. The molecule has 3 aromatic carbocycles. The summed E-state index contributed by atoms with van der Waals surface area (Å²) in [6, 6.07) is 16.6. The van der Waals surface area contributed by atoms with Crippen LogP contribution in [0.5, 0.6) is 0 Å². The molecule has 1 heterocycles. The highest BCUT2D eigenvalue weighted by Gasteiger charge is 2.30. The highest BCUT2D eigenvalue weighted by atomic mass is 19.4. The topological polar surface area (TPSA) is 85.0 Å². The Morgan fingerprint density at radius 1 is 0.935 bits per heavy atom. The van der Waals surface area contributed by atoms with Crippen LogP contribution in [0, 0.1) is 0 Å². The number of amides is 2. The number of anilines is 3. The summed E-state index contributed by atoms with van der Waals surface area (Å²) in [5.74, 6) is 0.436. The number of nitrogens with two attached hydrogens (primary N) is 1. The van der Waals surface area contributed by atoms with Crippen molar-refractivity contribution in [3.63, 3.8) is 0 Å². The average molecular weight is 425 g/mol. The number of benzene rings is 3. The Bertz CT molecular complexity index is 1250. The molecule has 0 unspecified atom stereocenters. The summed E-state index contributed by atoms with van der Waals surface area (Å²) in [6.07, 6.45) is -4.42. The van der Waals surface area contributed by atoms with E-state index in [1.165, 1.54) is 12.1 Å². The molecule has 9 heteroatoms. The van der Waals surface area contributed by atoms with Gasteiger partial charge in [0, 0.05) is 18.4 Å². The van der Waals surface area contributed by atoms with Crippen LogP contribution < -0.4 is 16.4 Å². The molecule has 0 aliphatic carbocycles. The Balaban J connectivity index is 1.47. The van der Waals surface area contributed by atoms with Crippen LogP contribution in [0.4, 0.5) is 35.2 Å². The van der Waals surface area contributed by atoms with Crippen molar-refractivity contribution in [1.82, 2.24) is 9.78 Å². The second-order valence-electron chi connectivity index (χ2n) is 6.94. The SMILES string of the molecule is Cn1nc(N)c2c(-c3ccc(NC(=O)Nc4ccc(C(F)(F)F)cc4)cc3)cccc21. The quantitative estimate of drug-likeness (QED) is 0.406. The molecular weight excluding hydrogens is 407 g/mol. The van der Waals surface area contributed by atoms with Crippen molar-refractivity contribution in [2.45, 2.75) is 6.18 Å². The Hall–Kier alpha value is -4.01. The van der Waals surface area contributed by atoms with Crippen LogP contribution in [-0.4, -0.2) is 15.8 Å². The van der Waals surface area contributed by atoms with Crippen molar-refractivity contribution < 1.29 is 18.0 Å². The maximum Gasteiger partial charge on any atom is 0.416 e. The molecular formula is C22H18F3N5O. The predicted octanol–water partition coefficient (Wildman–Crippen LogP) is 5.49. The summed E-state index contributed by atoms with van der Waals surface area (Å²) in [6.45, 7) is 0. The zero-order valence-corrected chi connectivity index (χ0v) is 16.4. The van der Waals surface area contributed by atoms with Crippen LogP contribution in [0.3, 0.4) is 0 Å². The first-order chi connectivity index (χ1) is 14.7. The lowest BCUT2D eigenvalue weighted by molar-refractivity contribution is -0.137. The number of rotatable bonds is 3. The highest BCUT2D eigenvalue weighted by Crippen LogP contribution is 2.33. The highest BCUT2D eigenvalue weighted by molar-refractivity contribution is 6.03. The third kappa shape index (κ3) is 4.16. The molecule has 0 bridgehead atoms. The number of alkyl halides is 3. The Labute approximate surface area is 175 Å². The maximum atomic E-state index is 12.6. The Kier molecular flexibility index (Phi) is 5.02. The number of fused-ring (bicyclic) bond motifs is 1. The van der Waals surface area contributed by atoms with Crippen LogP contribution >= 0.6 is 0 Å². The van der Waals surface area contributed by atoms with Crippen LogP contribution in [0.25, 0.3) is 22.0 Å². The number of aryl methyl sites for hydroxylation is 1. The van der Waals surface area contributed by atoms with Gasteiger partial charge in [0.2, 0.25) is 0 Å². The molecule has 0 atom stereocenters. The van der Waals surface area contributed by atoms with Gasteiger partial charge in [-0.3, -0.25) is 4.68 Å². The van der Waals surface area contributed by atoms with Gasteiger partial charge in [-0.1, -0.05) is 24.3 Å². The number of halogens is 3. The molecule has 0 saturated heterocycles. The number of hydrogen-bond acceptors (Lipinski definition) is 3. The van der Waals surface area contributed by atoms with Crippen molar-refractivity contribution in [3.8, 4) is 11.1 Å². The van der Waals surface area contributed by atoms with E-state index in [2.05, 4.69) is 15.7 Å². The number of nitrogen functional groups attached to an aromatic ring is 1. The molecule has 0 spiro atoms. The molecule has 0 aliphatic rings. The minimum absolute atomic E-state index is 0.251. The summed E-state index contributed by atoms with van der Waals surface area (Å²) in [5.41, 5.74) is 8.79. The van der Waals surface area contributed by atoms with E-state index in [4.69, 9.17) is 5.73 Å². The largest absolute Gasteiger partial charge is 0.416 e. The van der Waals surface area contributed by atoms with Gasteiger partial charge in [-0.25, -0.2) is 4.79 Å². The van der Waals surface area contributed by atoms with Crippen molar-refractivity contribution >= 4 is 34.1 Å². The van der Waals surface area contributed by atoms with Gasteiger partial charge in [0.05, 0.1) is 16.5 Å². The second-order valence-corrected chi connectivity index (χ2v) is 6.94. The van der Waals surface area contributed by atoms with E-state index in [-0.39, 0.29) is 5.69 Å². The summed E-state index contributed by atoms with van der Waals surface area (Å²) >= 11 is 0. The standard InChI is InChI=1S/C22H18F3N5O/c1-30-18-4-2-3-17(19(18)20(26)29-30)13-5-9-15(10-6-13)27-21(31)28-16-11-7-14(8-12-16)22(23,24)25/h2-12H,1H3,(H2,26,29)(H2,27,28,31). The number of carbonyl (C=O) groups excluding carboxylic acids is 1. The fourth-order valence-corrected chi connectivity index (χ4v) is 3.35. The molecule has 0 radical (unpaired) electrons. The number of hydrogen-bond donors (Lipinski definition) is 3. The first-order valence-electron chi connectivity index (χ1n) is 9.29. The minimum Gasteiger partial charge on any atom is -0.382 e. The van der Waals surface area contributed by atoms with Crippen LogP contribution in [0.15, 0.2) is 66.7 Å². The molecule has 31 heavy (non-hydrogen) atoms. The number of aromatic nitrogens is 2. The molecule has 2 amide bonds. The smallest absolute Gasteiger partial charge is 0.382 e. The van der Waals surface area contributed by atoms with Crippen molar-refractivity contribution in [1.29, 1.82) is 0 Å². The van der Waals surface area contributed by atoms with Crippen molar-refractivity contribution in [2.75, 3.05) is 16.4 Å². The third-order valence-corrected chi connectivity index (χ3v) is 4.83. The van der Waals surface area contributed by atoms with Gasteiger partial charge in [-0.05, 0) is 53.6 Å². The summed E-state index contributed by atoms with van der Waals surface area (Å²) in [7, 11) is 1.82. The number of nitrogens with one attached hydrogen (secondary N) is 2. The fraction of sp³-hybridized carbons (Fsp3) is 0.0909. The van der Waals surface area contributed by atoms with Gasteiger partial charge >= 0.3 is 12.2 Å². The predicted molar refractivity (Wildman–Crippen MR) is 115 cm³/mol. The molecule has 1 aromatic heterocycles. The molecule has 4 N–H and O–H groups in total. The summed E-state index contributed by atoms with van der Waals surface area (Å²) in [4.78, 5) is 12.2. The van der Waals surface area contributed by atoms with Gasteiger partial charge in [-0.2, -0.15) is 18.3 Å². The van der Waals surface area contributed by atoms with E-state index in [0.29, 0.717) is 11.5 Å². The van der Waals surface area contributed by atoms with E-state index >= 15 is 0 Å². The lowest BCUT2D eigenvalue weighted by atomic mass is 10.0. The van der Waals surface area contributed by atoms with E-state index in [1.807, 2.05) is 37.4 Å². The number of urea groups is 1. The zero-order valence-electron chi connectivity index (χ0n) is 16.4. The van der Waals surface area contributed by atoms with Gasteiger partial charge in [0.1, 0.15) is 0 Å². The van der Waals surface area contributed by atoms with Gasteiger partial charge in [0.15, 0.2) is 5.82 Å². The van der Waals surface area contributed by atoms with E-state index < -0.39 is 17.8 Å². The lowest BCUT2D eigenvalue weighted by Crippen LogP contribution is -2.19. The van der Waals surface area contributed by atoms with Crippen molar-refractivity contribution in [3.05, 3.63) is 72.3 Å². The van der Waals surface area contributed by atoms with Crippen LogP contribution in [-0.2, 0) is 13.2 Å². The van der Waals surface area contributed by atoms with Crippen LogP contribution in [0.1, 0.15) is 5.56 Å². The van der Waals surface area contributed by atoms with E-state index in [1.54, 1.807) is 16.8 Å². The zero-order chi connectivity index (χ0) is 22.2. The molecule has 0 aliphatic heterocycles. The number of nitrogens with zero attached hydrogens (tertiary/aromatic N) is 2. The Morgan fingerprint density at radius 3 is 2.10 bits per heavy atom. The first-order valence-corrected chi connectivity index (χ1v) is 9.29. The summed E-state index contributed by atoms with van der Waals surface area (Å²) in [5, 5.41) is 10.3. The molecule has 4 rings (SSSR count). The van der Waals surface area contributed by atoms with Crippen molar-refractivity contribution in [2.24, 2.45) is 7.05 Å². The fourth-order valence-electron chi connectivity index (χ4n) is 3.35. The molecule has 158 valence electrons. The molecule has 4 aromatic rings. The number of carbonyl (C=O) groups is 1. The summed E-state index contributed by atoms with van der Waals surface area (Å²) < 4.78 is 39.6. The van der Waals surface area contributed by atoms with E-state index in [9.17, 15) is 18.0 Å². The molecule has 0 saturated carbocycles. The molecule has 0 fully saturated rings. The third-order valence-electron chi connectivity index (χ3n) is 4.83. The van der Waals surface area contributed by atoms with Gasteiger partial charge in [0.25, 0.3) is 0 Å². The first kappa shape index (κ1) is 20.3. The normalized spacial score (nSPS) is 11.5. The lowest BCUT2D eigenvalue weighted by Gasteiger charge is -2.10. The van der Waals surface area contributed by atoms with Gasteiger partial charge < -0.3 is 16.4 Å². The average Bonchev–Trinajstić information content (AvgIpc) is 3.02.